The van der Waals surface area contributed by atoms with Crippen LogP contribution in [0.4, 0.5) is 0 Å². The fourth-order valence-corrected chi connectivity index (χ4v) is 2.12. The molecule has 1 aromatic heterocycles. The zero-order chi connectivity index (χ0) is 14.5. The first-order chi connectivity index (χ1) is 9.65. The van der Waals surface area contributed by atoms with Gasteiger partial charge in [-0.05, 0) is 32.4 Å². The van der Waals surface area contributed by atoms with Crippen molar-refractivity contribution >= 4 is 0 Å². The maximum Gasteiger partial charge on any atom is 0.254 e. The predicted molar refractivity (Wildman–Crippen MR) is 80.2 cm³/mol. The highest BCUT2D eigenvalue weighted by Gasteiger charge is 2.10. The number of hydrogen-bond acceptors (Lipinski definition) is 3. The Labute approximate surface area is 118 Å². The predicted octanol–water partition coefficient (Wildman–Crippen LogP) is 3.10. The quantitative estimate of drug-likeness (QED) is 0.910. The molecule has 1 aromatic carbocycles. The highest BCUT2D eigenvalue weighted by molar-refractivity contribution is 5.64. The standard InChI is InChI=1S/C16H20N2O2/c1-4-7-14-17-15(11(3)16(19)18-14)12-8-6-9-13(10-12)20-5-2/h6,8-10H,4-5,7H2,1-3H3,(H,17,18,19). The van der Waals surface area contributed by atoms with E-state index in [1.807, 2.05) is 31.2 Å². The fraction of sp³-hybridized carbons (Fsp3) is 0.375. The Balaban J connectivity index is 2.50. The van der Waals surface area contributed by atoms with E-state index in [0.29, 0.717) is 12.2 Å². The summed E-state index contributed by atoms with van der Waals surface area (Å²) in [6.45, 7) is 6.43. The van der Waals surface area contributed by atoms with Gasteiger partial charge in [0.2, 0.25) is 0 Å². The number of aromatic nitrogens is 2. The number of aryl methyl sites for hydroxylation is 1. The van der Waals surface area contributed by atoms with Gasteiger partial charge in [-0.2, -0.15) is 0 Å². The lowest BCUT2D eigenvalue weighted by Crippen LogP contribution is -2.16. The highest BCUT2D eigenvalue weighted by Crippen LogP contribution is 2.23. The molecule has 0 saturated heterocycles. The van der Waals surface area contributed by atoms with Crippen molar-refractivity contribution in [3.05, 3.63) is 46.0 Å². The Morgan fingerprint density at radius 3 is 2.80 bits per heavy atom. The van der Waals surface area contributed by atoms with Gasteiger partial charge in [0, 0.05) is 17.5 Å². The van der Waals surface area contributed by atoms with Gasteiger partial charge in [-0.25, -0.2) is 4.98 Å². The van der Waals surface area contributed by atoms with Crippen molar-refractivity contribution in [2.45, 2.75) is 33.6 Å². The second kappa shape index (κ2) is 6.37. The molecule has 4 heteroatoms. The summed E-state index contributed by atoms with van der Waals surface area (Å²) in [4.78, 5) is 19.4. The molecule has 2 aromatic rings. The van der Waals surface area contributed by atoms with Gasteiger partial charge in [0.25, 0.3) is 5.56 Å². The Morgan fingerprint density at radius 2 is 2.10 bits per heavy atom. The summed E-state index contributed by atoms with van der Waals surface area (Å²) in [5.41, 5.74) is 2.22. The number of nitrogens with zero attached hydrogens (tertiary/aromatic N) is 1. The van der Waals surface area contributed by atoms with Crippen molar-refractivity contribution in [2.24, 2.45) is 0 Å². The van der Waals surface area contributed by atoms with Crippen LogP contribution in [0.2, 0.25) is 0 Å². The number of nitrogens with one attached hydrogen (secondary N) is 1. The van der Waals surface area contributed by atoms with Gasteiger partial charge < -0.3 is 9.72 Å². The lowest BCUT2D eigenvalue weighted by atomic mass is 10.1. The molecule has 20 heavy (non-hydrogen) atoms. The van der Waals surface area contributed by atoms with Crippen LogP contribution in [0.25, 0.3) is 11.3 Å². The zero-order valence-electron chi connectivity index (χ0n) is 12.2. The lowest BCUT2D eigenvalue weighted by molar-refractivity contribution is 0.340. The molecule has 0 radical (unpaired) electrons. The number of hydrogen-bond donors (Lipinski definition) is 1. The summed E-state index contributed by atoms with van der Waals surface area (Å²) in [7, 11) is 0. The van der Waals surface area contributed by atoms with Crippen molar-refractivity contribution in [2.75, 3.05) is 6.61 Å². The van der Waals surface area contributed by atoms with E-state index in [2.05, 4.69) is 16.9 Å². The molecule has 0 saturated carbocycles. The molecule has 2 rings (SSSR count). The third kappa shape index (κ3) is 3.07. The van der Waals surface area contributed by atoms with E-state index in [1.165, 1.54) is 0 Å². The molecule has 0 aliphatic rings. The first-order valence-electron chi connectivity index (χ1n) is 6.98. The monoisotopic (exact) mass is 272 g/mol. The summed E-state index contributed by atoms with van der Waals surface area (Å²) >= 11 is 0. The molecule has 1 heterocycles. The Bertz CT molecular complexity index is 647. The van der Waals surface area contributed by atoms with E-state index in [1.54, 1.807) is 6.92 Å². The molecule has 0 amide bonds. The minimum Gasteiger partial charge on any atom is -0.494 e. The number of aromatic amines is 1. The number of ether oxygens (including phenoxy) is 1. The summed E-state index contributed by atoms with van der Waals surface area (Å²) in [5.74, 6) is 1.53. The molecule has 106 valence electrons. The minimum absolute atomic E-state index is 0.0692. The molecule has 0 aliphatic carbocycles. The Hall–Kier alpha value is -2.10. The van der Waals surface area contributed by atoms with Gasteiger partial charge in [-0.15, -0.1) is 0 Å². The van der Waals surface area contributed by atoms with E-state index < -0.39 is 0 Å². The van der Waals surface area contributed by atoms with Crippen molar-refractivity contribution in [3.63, 3.8) is 0 Å². The average Bonchev–Trinajstić information content (AvgIpc) is 2.43. The second-order valence-corrected chi connectivity index (χ2v) is 4.70. The van der Waals surface area contributed by atoms with Crippen LogP contribution in [0.1, 0.15) is 31.7 Å². The number of H-pyrrole nitrogens is 1. The summed E-state index contributed by atoms with van der Waals surface area (Å²) in [6, 6.07) is 7.70. The van der Waals surface area contributed by atoms with Crippen LogP contribution >= 0.6 is 0 Å². The second-order valence-electron chi connectivity index (χ2n) is 4.70. The van der Waals surface area contributed by atoms with Crippen molar-refractivity contribution in [1.82, 2.24) is 9.97 Å². The molecular weight excluding hydrogens is 252 g/mol. The van der Waals surface area contributed by atoms with Crippen LogP contribution in [-0.4, -0.2) is 16.6 Å². The van der Waals surface area contributed by atoms with E-state index in [-0.39, 0.29) is 5.56 Å². The normalized spacial score (nSPS) is 10.6. The molecule has 0 aliphatic heterocycles. The molecule has 0 bridgehead atoms. The van der Waals surface area contributed by atoms with Gasteiger partial charge in [0.05, 0.1) is 12.3 Å². The molecule has 1 N–H and O–H groups in total. The molecule has 0 spiro atoms. The molecule has 0 unspecified atom stereocenters. The third-order valence-electron chi connectivity index (χ3n) is 3.11. The molecule has 4 nitrogen and oxygen atoms in total. The Morgan fingerprint density at radius 1 is 1.30 bits per heavy atom. The van der Waals surface area contributed by atoms with Crippen LogP contribution < -0.4 is 10.3 Å². The van der Waals surface area contributed by atoms with E-state index in [9.17, 15) is 4.79 Å². The Kier molecular flexibility index (Phi) is 4.56. The van der Waals surface area contributed by atoms with Crippen molar-refractivity contribution < 1.29 is 4.74 Å². The maximum atomic E-state index is 12.0. The van der Waals surface area contributed by atoms with Gasteiger partial charge in [0.15, 0.2) is 0 Å². The summed E-state index contributed by atoms with van der Waals surface area (Å²) in [6.07, 6.45) is 1.72. The molecule has 0 fully saturated rings. The smallest absolute Gasteiger partial charge is 0.254 e. The van der Waals surface area contributed by atoms with E-state index >= 15 is 0 Å². The lowest BCUT2D eigenvalue weighted by Gasteiger charge is -2.09. The molecule has 0 atom stereocenters. The minimum atomic E-state index is -0.0692. The topological polar surface area (TPSA) is 55.0 Å². The van der Waals surface area contributed by atoms with E-state index in [0.717, 1.165) is 35.7 Å². The van der Waals surface area contributed by atoms with Crippen LogP contribution in [0, 0.1) is 6.92 Å². The third-order valence-corrected chi connectivity index (χ3v) is 3.11. The van der Waals surface area contributed by atoms with Gasteiger partial charge in [-0.1, -0.05) is 19.1 Å². The average molecular weight is 272 g/mol. The van der Waals surface area contributed by atoms with Crippen LogP contribution in [0.3, 0.4) is 0 Å². The first kappa shape index (κ1) is 14.3. The zero-order valence-corrected chi connectivity index (χ0v) is 12.2. The van der Waals surface area contributed by atoms with Gasteiger partial charge >= 0.3 is 0 Å². The van der Waals surface area contributed by atoms with Crippen LogP contribution in [0.5, 0.6) is 5.75 Å². The maximum absolute atomic E-state index is 12.0. The first-order valence-corrected chi connectivity index (χ1v) is 6.98. The summed E-state index contributed by atoms with van der Waals surface area (Å²) in [5, 5.41) is 0. The SMILES string of the molecule is CCCc1nc(-c2cccc(OCC)c2)c(C)c(=O)[nH]1. The largest absolute Gasteiger partial charge is 0.494 e. The van der Waals surface area contributed by atoms with Crippen molar-refractivity contribution in [1.29, 1.82) is 0 Å². The summed E-state index contributed by atoms with van der Waals surface area (Å²) < 4.78 is 5.50. The van der Waals surface area contributed by atoms with Crippen LogP contribution in [0.15, 0.2) is 29.1 Å². The fourth-order valence-electron chi connectivity index (χ4n) is 2.12. The van der Waals surface area contributed by atoms with Gasteiger partial charge in [0.1, 0.15) is 11.6 Å². The number of rotatable bonds is 5. The van der Waals surface area contributed by atoms with E-state index in [4.69, 9.17) is 4.74 Å². The van der Waals surface area contributed by atoms with Crippen molar-refractivity contribution in [3.8, 4) is 17.0 Å². The van der Waals surface area contributed by atoms with Crippen LogP contribution in [-0.2, 0) is 6.42 Å². The highest BCUT2D eigenvalue weighted by atomic mass is 16.5. The number of benzene rings is 1. The van der Waals surface area contributed by atoms with Gasteiger partial charge in [-0.3, -0.25) is 4.79 Å². The molecular formula is C16H20N2O2.